The summed E-state index contributed by atoms with van der Waals surface area (Å²) in [7, 11) is 0. The van der Waals surface area contributed by atoms with E-state index in [-0.39, 0.29) is 18.9 Å². The van der Waals surface area contributed by atoms with Gasteiger partial charge in [0.15, 0.2) is 0 Å². The summed E-state index contributed by atoms with van der Waals surface area (Å²) >= 11 is 0. The number of rotatable bonds is 7. The van der Waals surface area contributed by atoms with Gasteiger partial charge >= 0.3 is 0 Å². The molecule has 0 aliphatic carbocycles. The number of alkyl halides is 1. The first-order valence-corrected chi connectivity index (χ1v) is 7.38. The van der Waals surface area contributed by atoms with Gasteiger partial charge in [-0.15, -0.1) is 0 Å². The van der Waals surface area contributed by atoms with Gasteiger partial charge < -0.3 is 15.2 Å². The van der Waals surface area contributed by atoms with Crippen molar-refractivity contribution >= 4 is 11.6 Å². The Bertz CT molecular complexity index is 644. The van der Waals surface area contributed by atoms with E-state index < -0.39 is 12.3 Å². The van der Waals surface area contributed by atoms with Crippen LogP contribution >= 0.6 is 0 Å². The smallest absolute Gasteiger partial charge is 0.227 e. The van der Waals surface area contributed by atoms with Crippen LogP contribution in [-0.4, -0.2) is 24.3 Å². The molecular formula is C18H20FNO3. The molecule has 2 aromatic rings. The topological polar surface area (TPSA) is 58.6 Å². The molecule has 0 aliphatic rings. The van der Waals surface area contributed by atoms with Gasteiger partial charge in [0.1, 0.15) is 19.0 Å². The average Bonchev–Trinajstić information content (AvgIpc) is 2.53. The number of hydrogen-bond acceptors (Lipinski definition) is 3. The highest BCUT2D eigenvalue weighted by Gasteiger charge is 2.26. The summed E-state index contributed by atoms with van der Waals surface area (Å²) in [4.78, 5) is 12.2. The molecule has 0 heterocycles. The summed E-state index contributed by atoms with van der Waals surface area (Å²) in [6, 6.07) is 15.7. The number of hydrogen-bond donors (Lipinski definition) is 2. The molecule has 2 aromatic carbocycles. The highest BCUT2D eigenvalue weighted by molar-refractivity contribution is 5.91. The molecule has 0 bridgehead atoms. The third kappa shape index (κ3) is 5.07. The predicted molar refractivity (Wildman–Crippen MR) is 87.2 cm³/mol. The maximum absolute atomic E-state index is 12.2. The first-order valence-electron chi connectivity index (χ1n) is 7.38. The van der Waals surface area contributed by atoms with Crippen molar-refractivity contribution in [3.05, 3.63) is 60.2 Å². The summed E-state index contributed by atoms with van der Waals surface area (Å²) in [5, 5.41) is 13.2. The zero-order chi connectivity index (χ0) is 16.7. The van der Waals surface area contributed by atoms with Crippen LogP contribution < -0.4 is 10.1 Å². The van der Waals surface area contributed by atoms with E-state index in [2.05, 4.69) is 5.32 Å². The minimum atomic E-state index is -1.26. The van der Waals surface area contributed by atoms with Crippen LogP contribution in [-0.2, 0) is 10.4 Å². The second-order valence-corrected chi connectivity index (χ2v) is 5.43. The second-order valence-electron chi connectivity index (χ2n) is 5.43. The summed E-state index contributed by atoms with van der Waals surface area (Å²) in [6.45, 7) is 0.999. The van der Waals surface area contributed by atoms with Gasteiger partial charge in [0, 0.05) is 11.8 Å². The van der Waals surface area contributed by atoms with Crippen LogP contribution in [0.5, 0.6) is 5.75 Å². The van der Waals surface area contributed by atoms with E-state index in [0.717, 1.165) is 0 Å². The van der Waals surface area contributed by atoms with E-state index in [9.17, 15) is 14.3 Å². The summed E-state index contributed by atoms with van der Waals surface area (Å²) in [6.07, 6.45) is -0.0768. The first-order chi connectivity index (χ1) is 11.0. The van der Waals surface area contributed by atoms with E-state index in [1.807, 2.05) is 18.2 Å². The molecule has 0 fully saturated rings. The molecule has 0 saturated carbocycles. The molecule has 122 valence electrons. The molecule has 0 spiro atoms. The molecule has 0 aliphatic heterocycles. The van der Waals surface area contributed by atoms with Gasteiger partial charge in [-0.25, -0.2) is 4.39 Å². The quantitative estimate of drug-likeness (QED) is 0.824. The van der Waals surface area contributed by atoms with E-state index in [1.165, 1.54) is 0 Å². The zero-order valence-corrected chi connectivity index (χ0v) is 13.0. The van der Waals surface area contributed by atoms with E-state index >= 15 is 0 Å². The van der Waals surface area contributed by atoms with Crippen molar-refractivity contribution in [3.63, 3.8) is 0 Å². The fourth-order valence-corrected chi connectivity index (χ4v) is 2.24. The molecule has 1 atom stereocenters. The van der Waals surface area contributed by atoms with Crippen molar-refractivity contribution < 1.29 is 19.0 Å². The number of carbonyl (C=O) groups is 1. The Hall–Kier alpha value is -2.40. The highest BCUT2D eigenvalue weighted by atomic mass is 19.1. The largest absolute Gasteiger partial charge is 0.491 e. The monoisotopic (exact) mass is 317 g/mol. The van der Waals surface area contributed by atoms with E-state index in [1.54, 1.807) is 43.3 Å². The maximum atomic E-state index is 12.2. The van der Waals surface area contributed by atoms with Crippen molar-refractivity contribution in [2.45, 2.75) is 18.9 Å². The fourth-order valence-electron chi connectivity index (χ4n) is 2.24. The first kappa shape index (κ1) is 17.0. The van der Waals surface area contributed by atoms with E-state index in [4.69, 9.17) is 4.74 Å². The van der Waals surface area contributed by atoms with Crippen LogP contribution in [0.1, 0.15) is 18.9 Å². The Morgan fingerprint density at radius 2 is 1.96 bits per heavy atom. The van der Waals surface area contributed by atoms with Gasteiger partial charge in [-0.05, 0) is 24.6 Å². The van der Waals surface area contributed by atoms with Gasteiger partial charge in [-0.1, -0.05) is 36.4 Å². The maximum Gasteiger partial charge on any atom is 0.227 e. The summed E-state index contributed by atoms with van der Waals surface area (Å²) in [5.41, 5.74) is -0.0429. The third-order valence-electron chi connectivity index (χ3n) is 3.36. The minimum absolute atomic E-state index is 0.0277. The molecule has 4 nitrogen and oxygen atoms in total. The number of carbonyl (C=O) groups excluding carboxylic acids is 1. The Balaban J connectivity index is 1.99. The Kier molecular flexibility index (Phi) is 5.71. The van der Waals surface area contributed by atoms with Gasteiger partial charge in [0.2, 0.25) is 5.91 Å². The number of ether oxygens (including phenoxy) is 1. The molecule has 2 rings (SSSR count). The van der Waals surface area contributed by atoms with Crippen LogP contribution in [0.2, 0.25) is 0 Å². The van der Waals surface area contributed by atoms with Crippen molar-refractivity contribution in [1.29, 1.82) is 0 Å². The molecule has 23 heavy (non-hydrogen) atoms. The van der Waals surface area contributed by atoms with Crippen LogP contribution in [0.3, 0.4) is 0 Å². The SMILES string of the molecule is CC(O)(CC(=O)Nc1cccc(OCCF)c1)c1ccccc1. The van der Waals surface area contributed by atoms with Crippen LogP contribution in [0, 0.1) is 0 Å². The number of nitrogens with one attached hydrogen (secondary N) is 1. The normalized spacial score (nSPS) is 13.2. The second kappa shape index (κ2) is 7.74. The van der Waals surface area contributed by atoms with Crippen molar-refractivity contribution in [2.75, 3.05) is 18.6 Å². The Labute approximate surface area is 134 Å². The molecule has 0 saturated heterocycles. The minimum Gasteiger partial charge on any atom is -0.491 e. The van der Waals surface area contributed by atoms with Crippen LogP contribution in [0.25, 0.3) is 0 Å². The number of halogens is 1. The molecule has 0 aromatic heterocycles. The standard InChI is InChI=1S/C18H20FNO3/c1-18(22,14-6-3-2-4-7-14)13-17(21)20-15-8-5-9-16(12-15)23-11-10-19/h2-9,12,22H,10-11,13H2,1H3,(H,20,21). The molecule has 1 unspecified atom stereocenters. The third-order valence-corrected chi connectivity index (χ3v) is 3.36. The number of anilines is 1. The zero-order valence-electron chi connectivity index (χ0n) is 13.0. The number of amides is 1. The fraction of sp³-hybridized carbons (Fsp3) is 0.278. The highest BCUT2D eigenvalue weighted by Crippen LogP contribution is 2.25. The molecule has 5 heteroatoms. The summed E-state index contributed by atoms with van der Waals surface area (Å²) in [5.74, 6) is 0.164. The molecule has 0 radical (unpaired) electrons. The van der Waals surface area contributed by atoms with Crippen LogP contribution in [0.4, 0.5) is 10.1 Å². The molecular weight excluding hydrogens is 297 g/mol. The van der Waals surface area contributed by atoms with Crippen molar-refractivity contribution in [2.24, 2.45) is 0 Å². The van der Waals surface area contributed by atoms with Crippen molar-refractivity contribution in [3.8, 4) is 5.75 Å². The predicted octanol–water partition coefficient (Wildman–Crippen LogP) is 3.27. The average molecular weight is 317 g/mol. The van der Waals surface area contributed by atoms with Gasteiger partial charge in [0.25, 0.3) is 0 Å². The van der Waals surface area contributed by atoms with Crippen molar-refractivity contribution in [1.82, 2.24) is 0 Å². The Morgan fingerprint density at radius 3 is 2.65 bits per heavy atom. The number of benzene rings is 2. The lowest BCUT2D eigenvalue weighted by atomic mass is 9.92. The lowest BCUT2D eigenvalue weighted by molar-refractivity contribution is -0.120. The molecule has 2 N–H and O–H groups in total. The lowest BCUT2D eigenvalue weighted by Crippen LogP contribution is -2.28. The molecule has 1 amide bonds. The lowest BCUT2D eigenvalue weighted by Gasteiger charge is -2.23. The van der Waals surface area contributed by atoms with E-state index in [0.29, 0.717) is 17.0 Å². The number of aliphatic hydroxyl groups is 1. The van der Waals surface area contributed by atoms with Gasteiger partial charge in [0.05, 0.1) is 12.0 Å². The van der Waals surface area contributed by atoms with Gasteiger partial charge in [-0.3, -0.25) is 4.79 Å². The summed E-state index contributed by atoms with van der Waals surface area (Å²) < 4.78 is 17.3. The van der Waals surface area contributed by atoms with Gasteiger partial charge in [-0.2, -0.15) is 0 Å². The Morgan fingerprint density at radius 1 is 1.22 bits per heavy atom. The van der Waals surface area contributed by atoms with Crippen LogP contribution in [0.15, 0.2) is 54.6 Å².